The van der Waals surface area contributed by atoms with Gasteiger partial charge in [-0.15, -0.1) is 0 Å². The van der Waals surface area contributed by atoms with Crippen molar-refractivity contribution in [1.29, 1.82) is 0 Å². The van der Waals surface area contributed by atoms with Gasteiger partial charge in [-0.1, -0.05) is 54.8 Å². The van der Waals surface area contributed by atoms with Crippen LogP contribution < -0.4 is 4.90 Å². The first-order valence-corrected chi connectivity index (χ1v) is 13.3. The number of amides is 2. The first-order chi connectivity index (χ1) is 17.2. The molecule has 2 aliphatic heterocycles. The maximum Gasteiger partial charge on any atom is 0.320 e. The van der Waals surface area contributed by atoms with Crippen molar-refractivity contribution in [3.8, 4) is 11.3 Å². The molecule has 0 radical (unpaired) electrons. The second kappa shape index (κ2) is 9.75. The van der Waals surface area contributed by atoms with Gasteiger partial charge in [-0.25, -0.2) is 4.79 Å². The zero-order valence-electron chi connectivity index (χ0n) is 20.2. The van der Waals surface area contributed by atoms with Crippen LogP contribution in [0, 0.1) is 0 Å². The Morgan fingerprint density at radius 3 is 2.43 bits per heavy atom. The Hall–Kier alpha value is -2.70. The number of benzene rings is 2. The molecule has 0 spiro atoms. The lowest BCUT2D eigenvalue weighted by atomic mass is 10.1. The maximum atomic E-state index is 12.9. The van der Waals surface area contributed by atoms with Gasteiger partial charge in [-0.3, -0.25) is 4.90 Å². The number of fused-ring (bicyclic) bond motifs is 1. The Kier molecular flexibility index (Phi) is 6.33. The van der Waals surface area contributed by atoms with Gasteiger partial charge < -0.3 is 19.1 Å². The molecule has 35 heavy (non-hydrogen) atoms. The molecule has 3 aliphatic rings. The summed E-state index contributed by atoms with van der Waals surface area (Å²) in [6, 6.07) is 17.0. The molecule has 1 saturated carbocycles. The van der Waals surface area contributed by atoms with Crippen LogP contribution in [0.5, 0.6) is 0 Å². The smallest absolute Gasteiger partial charge is 0.320 e. The summed E-state index contributed by atoms with van der Waals surface area (Å²) in [4.78, 5) is 21.9. The van der Waals surface area contributed by atoms with Crippen molar-refractivity contribution in [2.24, 2.45) is 0 Å². The van der Waals surface area contributed by atoms with E-state index >= 15 is 0 Å². The fourth-order valence-electron chi connectivity index (χ4n) is 5.92. The Bertz CT molecular complexity index is 1180. The molecular formula is C28H33ClN4O2. The van der Waals surface area contributed by atoms with Crippen LogP contribution >= 0.6 is 11.6 Å². The van der Waals surface area contributed by atoms with Gasteiger partial charge >= 0.3 is 6.03 Å². The van der Waals surface area contributed by atoms with Gasteiger partial charge in [0.25, 0.3) is 0 Å². The summed E-state index contributed by atoms with van der Waals surface area (Å²) in [5.74, 6) is 0.865. The molecule has 2 aromatic carbocycles. The van der Waals surface area contributed by atoms with E-state index in [0.29, 0.717) is 6.04 Å². The third kappa shape index (κ3) is 4.62. The summed E-state index contributed by atoms with van der Waals surface area (Å²) in [6.07, 6.45) is 4.90. The van der Waals surface area contributed by atoms with Crippen LogP contribution in [0.25, 0.3) is 22.3 Å². The van der Waals surface area contributed by atoms with Crippen molar-refractivity contribution >= 4 is 34.3 Å². The molecule has 0 bridgehead atoms. The SMILES string of the molecule is O=C1N(CCN2CCN(c3cc(Cl)cc4cc(-c5ccccc5)oc34)CC2)CCN1C1CCCC1. The monoisotopic (exact) mass is 492 g/mol. The molecule has 3 heterocycles. The number of carbonyl (C=O) groups is 1. The summed E-state index contributed by atoms with van der Waals surface area (Å²) in [5, 5.41) is 1.77. The molecule has 0 atom stereocenters. The van der Waals surface area contributed by atoms with E-state index in [2.05, 4.69) is 37.8 Å². The Morgan fingerprint density at radius 2 is 1.66 bits per heavy atom. The van der Waals surface area contributed by atoms with E-state index in [9.17, 15) is 4.79 Å². The number of furan rings is 1. The minimum atomic E-state index is 0.254. The highest BCUT2D eigenvalue weighted by Gasteiger charge is 2.35. The summed E-state index contributed by atoms with van der Waals surface area (Å²) < 4.78 is 6.34. The molecular weight excluding hydrogens is 460 g/mol. The minimum absolute atomic E-state index is 0.254. The largest absolute Gasteiger partial charge is 0.454 e. The molecule has 7 heteroatoms. The van der Waals surface area contributed by atoms with Crippen molar-refractivity contribution in [2.75, 3.05) is 57.3 Å². The van der Waals surface area contributed by atoms with Crippen molar-refractivity contribution in [3.05, 3.63) is 53.6 Å². The topological polar surface area (TPSA) is 43.2 Å². The van der Waals surface area contributed by atoms with Crippen LogP contribution in [-0.2, 0) is 0 Å². The lowest BCUT2D eigenvalue weighted by Crippen LogP contribution is -2.49. The average molecular weight is 493 g/mol. The maximum absolute atomic E-state index is 12.9. The van der Waals surface area contributed by atoms with E-state index in [0.717, 1.165) is 85.4 Å². The Morgan fingerprint density at radius 1 is 0.886 bits per heavy atom. The number of hydrogen-bond donors (Lipinski definition) is 0. The van der Waals surface area contributed by atoms with Crippen molar-refractivity contribution in [1.82, 2.24) is 14.7 Å². The molecule has 6 rings (SSSR count). The fourth-order valence-corrected chi connectivity index (χ4v) is 6.14. The van der Waals surface area contributed by atoms with Crippen molar-refractivity contribution in [3.63, 3.8) is 0 Å². The van der Waals surface area contributed by atoms with Crippen molar-refractivity contribution < 1.29 is 9.21 Å². The summed E-state index contributed by atoms with van der Waals surface area (Å²) in [7, 11) is 0. The van der Waals surface area contributed by atoms with Crippen LogP contribution in [0.2, 0.25) is 5.02 Å². The first-order valence-electron chi connectivity index (χ1n) is 13.0. The summed E-state index contributed by atoms with van der Waals surface area (Å²) >= 11 is 6.50. The number of urea groups is 1. The third-order valence-corrected chi connectivity index (χ3v) is 8.13. The van der Waals surface area contributed by atoms with Crippen LogP contribution in [0.15, 0.2) is 52.9 Å². The normalized spacial score (nSPS) is 20.0. The van der Waals surface area contributed by atoms with Gasteiger partial charge in [-0.05, 0) is 31.0 Å². The van der Waals surface area contributed by atoms with Gasteiger partial charge in [0.15, 0.2) is 5.58 Å². The molecule has 2 saturated heterocycles. The van der Waals surface area contributed by atoms with E-state index < -0.39 is 0 Å². The lowest BCUT2D eigenvalue weighted by molar-refractivity contribution is 0.169. The van der Waals surface area contributed by atoms with E-state index in [1.54, 1.807) is 0 Å². The average Bonchev–Trinajstić information content (AvgIpc) is 3.63. The van der Waals surface area contributed by atoms with E-state index in [1.165, 1.54) is 25.7 Å². The van der Waals surface area contributed by atoms with E-state index in [1.807, 2.05) is 30.3 Å². The van der Waals surface area contributed by atoms with Crippen LogP contribution in [-0.4, -0.2) is 79.1 Å². The molecule has 3 fully saturated rings. The quantitative estimate of drug-likeness (QED) is 0.452. The van der Waals surface area contributed by atoms with Gasteiger partial charge in [0.05, 0.1) is 5.69 Å². The van der Waals surface area contributed by atoms with Gasteiger partial charge in [0, 0.05) is 74.4 Å². The number of rotatable bonds is 6. The van der Waals surface area contributed by atoms with Crippen LogP contribution in [0.4, 0.5) is 10.5 Å². The highest BCUT2D eigenvalue weighted by molar-refractivity contribution is 6.31. The predicted octanol–water partition coefficient (Wildman–Crippen LogP) is 5.56. The molecule has 1 aliphatic carbocycles. The standard InChI is InChI=1S/C28H33ClN4O2/c29-23-18-22-19-26(21-6-2-1-3-7-21)35-27(22)25(20-23)31-13-10-30(11-14-31)12-15-32-16-17-33(28(32)34)24-8-4-5-9-24/h1-3,6-7,18-20,24H,4-5,8-17H2. The predicted molar refractivity (Wildman–Crippen MR) is 141 cm³/mol. The number of anilines is 1. The third-order valence-electron chi connectivity index (χ3n) is 7.91. The number of nitrogens with zero attached hydrogens (tertiary/aromatic N) is 4. The molecule has 1 aromatic heterocycles. The molecule has 0 unspecified atom stereocenters. The highest BCUT2D eigenvalue weighted by atomic mass is 35.5. The Labute approximate surface area is 212 Å². The number of piperazine rings is 1. The zero-order chi connectivity index (χ0) is 23.8. The molecule has 0 N–H and O–H groups in total. The van der Waals surface area contributed by atoms with Crippen LogP contribution in [0.3, 0.4) is 0 Å². The summed E-state index contributed by atoms with van der Waals surface area (Å²) in [5.41, 5.74) is 3.03. The van der Waals surface area contributed by atoms with Gasteiger partial charge in [0.1, 0.15) is 5.76 Å². The molecule has 184 valence electrons. The number of hydrogen-bond acceptors (Lipinski definition) is 4. The second-order valence-corrected chi connectivity index (χ2v) is 10.5. The zero-order valence-corrected chi connectivity index (χ0v) is 20.9. The number of carbonyl (C=O) groups excluding carboxylic acids is 1. The molecule has 3 aromatic rings. The second-order valence-electron chi connectivity index (χ2n) is 10.0. The van der Waals surface area contributed by atoms with Crippen LogP contribution in [0.1, 0.15) is 25.7 Å². The highest BCUT2D eigenvalue weighted by Crippen LogP contribution is 2.37. The first kappa shape index (κ1) is 22.7. The van der Waals surface area contributed by atoms with Gasteiger partial charge in [-0.2, -0.15) is 0 Å². The van der Waals surface area contributed by atoms with Gasteiger partial charge in [0.2, 0.25) is 0 Å². The minimum Gasteiger partial charge on any atom is -0.454 e. The number of halogens is 1. The van der Waals surface area contributed by atoms with Crippen molar-refractivity contribution in [2.45, 2.75) is 31.7 Å². The Balaban J connectivity index is 1.08. The van der Waals surface area contributed by atoms with E-state index in [-0.39, 0.29) is 6.03 Å². The lowest BCUT2D eigenvalue weighted by Gasteiger charge is -2.36. The molecule has 2 amide bonds. The summed E-state index contributed by atoms with van der Waals surface area (Å²) in [6.45, 7) is 7.29. The van der Waals surface area contributed by atoms with E-state index in [4.69, 9.17) is 16.0 Å². The fraction of sp³-hybridized carbons (Fsp3) is 0.464. The molecule has 6 nitrogen and oxygen atoms in total.